The van der Waals surface area contributed by atoms with Gasteiger partial charge in [-0.25, -0.2) is 9.37 Å². The Balaban J connectivity index is 1.27. The van der Waals surface area contributed by atoms with Gasteiger partial charge in [-0.2, -0.15) is 13.2 Å². The Morgan fingerprint density at radius 3 is 2.54 bits per heavy atom. The van der Waals surface area contributed by atoms with Crippen LogP contribution in [0.2, 0.25) is 5.02 Å². The second kappa shape index (κ2) is 11.2. The molecule has 1 N–H and O–H groups in total. The van der Waals surface area contributed by atoms with E-state index < -0.39 is 28.5 Å². The fourth-order valence-corrected chi connectivity index (χ4v) is 3.96. The highest BCUT2D eigenvalue weighted by Gasteiger charge is 2.33. The van der Waals surface area contributed by atoms with Crippen LogP contribution in [0.3, 0.4) is 0 Å². The maximum atomic E-state index is 13.3. The van der Waals surface area contributed by atoms with Crippen LogP contribution in [0.25, 0.3) is 0 Å². The highest BCUT2D eigenvalue weighted by molar-refractivity contribution is 6.31. The van der Waals surface area contributed by atoms with Gasteiger partial charge in [0.1, 0.15) is 17.7 Å². The maximum absolute atomic E-state index is 13.3. The number of benzene rings is 2. The number of carbonyl (C=O) groups excluding carboxylic acids is 1. The number of aromatic nitrogens is 2. The van der Waals surface area contributed by atoms with Crippen molar-refractivity contribution in [2.24, 2.45) is 0 Å². The van der Waals surface area contributed by atoms with Crippen LogP contribution in [0.1, 0.15) is 23.1 Å². The van der Waals surface area contributed by atoms with Crippen LogP contribution in [0.15, 0.2) is 53.5 Å². The number of nitrogens with zero attached hydrogens (tertiary/aromatic N) is 2. The van der Waals surface area contributed by atoms with E-state index in [1.165, 1.54) is 17.2 Å². The van der Waals surface area contributed by atoms with Crippen molar-refractivity contribution in [1.82, 2.24) is 14.9 Å². The highest BCUT2D eigenvalue weighted by atomic mass is 35.5. The molecule has 2 aromatic carbocycles. The standard InChI is InChI=1S/C25H22ClF4N3O4/c26-21-6-5-19(12-20(21)25(28,29)30)37-18-3-1-15(2-4-18)8-10-36-24-31-13-16(23(35)32-24)11-22(34)33-9-7-17(27)14-33/h1-6,12-13,17H,7-11,14H2,(H,31,32,35)/t17-/m0/s1. The van der Waals surface area contributed by atoms with E-state index in [0.717, 1.165) is 17.7 Å². The topological polar surface area (TPSA) is 84.5 Å². The molecule has 7 nitrogen and oxygen atoms in total. The van der Waals surface area contributed by atoms with E-state index >= 15 is 0 Å². The molecule has 1 fully saturated rings. The molecule has 3 aromatic rings. The third-order valence-corrected chi connectivity index (χ3v) is 6.04. The van der Waals surface area contributed by atoms with Gasteiger partial charge >= 0.3 is 6.18 Å². The zero-order valence-electron chi connectivity index (χ0n) is 19.4. The van der Waals surface area contributed by atoms with Crippen molar-refractivity contribution in [1.29, 1.82) is 0 Å². The number of nitrogens with one attached hydrogen (secondary N) is 1. The molecule has 1 aliphatic heterocycles. The Morgan fingerprint density at radius 2 is 1.89 bits per heavy atom. The van der Waals surface area contributed by atoms with Crippen molar-refractivity contribution in [2.75, 3.05) is 19.7 Å². The second-order valence-electron chi connectivity index (χ2n) is 8.43. The summed E-state index contributed by atoms with van der Waals surface area (Å²) in [6, 6.07) is 9.97. The number of alkyl halides is 4. The highest BCUT2D eigenvalue weighted by Crippen LogP contribution is 2.37. The summed E-state index contributed by atoms with van der Waals surface area (Å²) in [5.74, 6) is 0.0117. The number of H-pyrrole nitrogens is 1. The van der Waals surface area contributed by atoms with Crippen LogP contribution >= 0.6 is 11.6 Å². The Kier molecular flexibility index (Phi) is 8.01. The number of halogens is 5. The first-order chi connectivity index (χ1) is 17.6. The van der Waals surface area contributed by atoms with Gasteiger partial charge in [-0.05, 0) is 42.3 Å². The smallest absolute Gasteiger partial charge is 0.417 e. The fourth-order valence-electron chi connectivity index (χ4n) is 3.73. The largest absolute Gasteiger partial charge is 0.464 e. The predicted octanol–water partition coefficient (Wildman–Crippen LogP) is 4.97. The van der Waals surface area contributed by atoms with Crippen molar-refractivity contribution in [3.05, 3.63) is 80.7 Å². The number of carbonyl (C=O) groups is 1. The van der Waals surface area contributed by atoms with Gasteiger partial charge < -0.3 is 14.4 Å². The number of amides is 1. The van der Waals surface area contributed by atoms with E-state index in [1.807, 2.05) is 0 Å². The molecule has 4 rings (SSSR count). The normalized spacial score (nSPS) is 15.6. The Bertz CT molecular complexity index is 1310. The Hall–Kier alpha value is -3.60. The van der Waals surface area contributed by atoms with E-state index in [2.05, 4.69) is 9.97 Å². The minimum atomic E-state index is -4.59. The molecular weight excluding hydrogens is 518 g/mol. The lowest BCUT2D eigenvalue weighted by Gasteiger charge is -2.14. The van der Waals surface area contributed by atoms with E-state index in [1.54, 1.807) is 24.3 Å². The van der Waals surface area contributed by atoms with E-state index in [9.17, 15) is 27.2 Å². The average molecular weight is 540 g/mol. The lowest BCUT2D eigenvalue weighted by atomic mass is 10.1. The lowest BCUT2D eigenvalue weighted by Crippen LogP contribution is -2.32. The van der Waals surface area contributed by atoms with Crippen LogP contribution < -0.4 is 15.0 Å². The monoisotopic (exact) mass is 539 g/mol. The van der Waals surface area contributed by atoms with Crippen LogP contribution in [0, 0.1) is 0 Å². The van der Waals surface area contributed by atoms with Gasteiger partial charge in [0.25, 0.3) is 11.6 Å². The van der Waals surface area contributed by atoms with Crippen LogP contribution in [-0.4, -0.2) is 46.6 Å². The van der Waals surface area contributed by atoms with E-state index in [0.29, 0.717) is 25.1 Å². The first kappa shape index (κ1) is 26.5. The van der Waals surface area contributed by atoms with Gasteiger partial charge in [0, 0.05) is 24.7 Å². The van der Waals surface area contributed by atoms with Crippen LogP contribution in [0.4, 0.5) is 17.6 Å². The first-order valence-corrected chi connectivity index (χ1v) is 11.7. The molecule has 1 amide bonds. The lowest BCUT2D eigenvalue weighted by molar-refractivity contribution is -0.137. The first-order valence-electron chi connectivity index (χ1n) is 11.3. The van der Waals surface area contributed by atoms with Crippen molar-refractivity contribution >= 4 is 17.5 Å². The maximum Gasteiger partial charge on any atom is 0.417 e. The molecule has 1 saturated heterocycles. The molecule has 0 unspecified atom stereocenters. The molecule has 1 aromatic heterocycles. The van der Waals surface area contributed by atoms with Gasteiger partial charge in [-0.3, -0.25) is 14.6 Å². The molecule has 196 valence electrons. The Labute approximate surface area is 214 Å². The van der Waals surface area contributed by atoms with Gasteiger partial charge in [-0.1, -0.05) is 23.7 Å². The SMILES string of the molecule is O=C(Cc1cnc(OCCc2ccc(Oc3ccc(Cl)c(C(F)(F)F)c3)cc2)[nH]c1=O)N1CC[C@H](F)C1. The number of aromatic amines is 1. The molecule has 2 heterocycles. The second-order valence-corrected chi connectivity index (χ2v) is 8.84. The number of ether oxygens (including phenoxy) is 2. The average Bonchev–Trinajstić information content (AvgIpc) is 3.29. The summed E-state index contributed by atoms with van der Waals surface area (Å²) in [5, 5.41) is -0.410. The van der Waals surface area contributed by atoms with Gasteiger partial charge in [0.15, 0.2) is 0 Å². The van der Waals surface area contributed by atoms with Gasteiger partial charge in [0.05, 0.1) is 30.2 Å². The number of likely N-dealkylation sites (tertiary alicyclic amines) is 1. The van der Waals surface area contributed by atoms with Crippen molar-refractivity contribution in [3.63, 3.8) is 0 Å². The molecule has 37 heavy (non-hydrogen) atoms. The van der Waals surface area contributed by atoms with Gasteiger partial charge in [0.2, 0.25) is 5.91 Å². The molecule has 0 saturated carbocycles. The minimum absolute atomic E-state index is 0.0000203. The summed E-state index contributed by atoms with van der Waals surface area (Å²) < 4.78 is 63.3. The van der Waals surface area contributed by atoms with Crippen molar-refractivity contribution < 1.29 is 31.8 Å². The van der Waals surface area contributed by atoms with Gasteiger partial charge in [-0.15, -0.1) is 0 Å². The molecule has 0 spiro atoms. The molecule has 1 aliphatic rings. The molecule has 0 bridgehead atoms. The van der Waals surface area contributed by atoms with Crippen LogP contribution in [0.5, 0.6) is 17.5 Å². The van der Waals surface area contributed by atoms with Crippen molar-refractivity contribution in [3.8, 4) is 17.5 Å². The minimum Gasteiger partial charge on any atom is -0.464 e. The molecule has 12 heteroatoms. The number of hydrogen-bond acceptors (Lipinski definition) is 5. The molecule has 0 radical (unpaired) electrons. The number of hydrogen-bond donors (Lipinski definition) is 1. The summed E-state index contributed by atoms with van der Waals surface area (Å²) in [6.07, 6.45) is -3.78. The summed E-state index contributed by atoms with van der Waals surface area (Å²) in [6.45, 7) is 0.553. The zero-order chi connectivity index (χ0) is 26.6. The van der Waals surface area contributed by atoms with Crippen molar-refractivity contribution in [2.45, 2.75) is 31.6 Å². The summed E-state index contributed by atoms with van der Waals surface area (Å²) in [4.78, 5) is 32.4. The third-order valence-electron chi connectivity index (χ3n) is 5.71. The van der Waals surface area contributed by atoms with E-state index in [4.69, 9.17) is 21.1 Å². The third kappa shape index (κ3) is 7.00. The molecular formula is C25H22ClF4N3O4. The zero-order valence-corrected chi connectivity index (χ0v) is 20.1. The molecule has 0 aliphatic carbocycles. The van der Waals surface area contributed by atoms with E-state index in [-0.39, 0.29) is 42.8 Å². The summed E-state index contributed by atoms with van der Waals surface area (Å²) in [7, 11) is 0. The number of rotatable bonds is 8. The Morgan fingerprint density at radius 1 is 1.16 bits per heavy atom. The molecule has 1 atom stereocenters. The van der Waals surface area contributed by atoms with Crippen LogP contribution in [-0.2, 0) is 23.8 Å². The predicted molar refractivity (Wildman–Crippen MR) is 127 cm³/mol. The summed E-state index contributed by atoms with van der Waals surface area (Å²) in [5.41, 5.74) is -0.473. The summed E-state index contributed by atoms with van der Waals surface area (Å²) >= 11 is 5.62. The quantitative estimate of drug-likeness (QED) is 0.409. The fraction of sp³-hybridized carbons (Fsp3) is 0.320.